The smallest absolute Gasteiger partial charge is 0.264 e. The van der Waals surface area contributed by atoms with E-state index in [4.69, 9.17) is 9.47 Å². The maximum atomic E-state index is 15.1. The van der Waals surface area contributed by atoms with Crippen LogP contribution in [-0.2, 0) is 32.6 Å². The highest BCUT2D eigenvalue weighted by Gasteiger charge is 2.35. The Morgan fingerprint density at radius 2 is 1.54 bits per heavy atom. The molecule has 2 amide bonds. The molecule has 5 rings (SSSR count). The third kappa shape index (κ3) is 8.11. The number of amides is 2. The summed E-state index contributed by atoms with van der Waals surface area (Å²) in [5.74, 6) is -1.84. The van der Waals surface area contributed by atoms with Crippen LogP contribution in [0, 0.1) is 11.6 Å². The van der Waals surface area contributed by atoms with Crippen LogP contribution in [0.3, 0.4) is 0 Å². The van der Waals surface area contributed by atoms with Crippen LogP contribution in [-0.4, -0.2) is 57.0 Å². The monoisotopic (exact) mass is 677 g/mol. The van der Waals surface area contributed by atoms with E-state index in [-0.39, 0.29) is 47.5 Å². The van der Waals surface area contributed by atoms with Crippen LogP contribution in [0.25, 0.3) is 0 Å². The van der Waals surface area contributed by atoms with Crippen molar-refractivity contribution in [3.63, 3.8) is 0 Å². The molecule has 0 bridgehead atoms. The predicted octanol–water partition coefficient (Wildman–Crippen LogP) is 5.49. The third-order valence-corrected chi connectivity index (χ3v) is 9.84. The van der Waals surface area contributed by atoms with Crippen molar-refractivity contribution in [3.8, 4) is 11.5 Å². The zero-order valence-corrected chi connectivity index (χ0v) is 27.5. The van der Waals surface area contributed by atoms with E-state index in [1.165, 1.54) is 53.4 Å². The van der Waals surface area contributed by atoms with Gasteiger partial charge in [0.05, 0.1) is 10.6 Å². The van der Waals surface area contributed by atoms with Crippen LogP contribution >= 0.6 is 0 Å². The minimum absolute atomic E-state index is 0.00847. The Bertz CT molecular complexity index is 1840. The van der Waals surface area contributed by atoms with Gasteiger partial charge in [-0.2, -0.15) is 0 Å². The molecule has 0 saturated carbocycles. The summed E-state index contributed by atoms with van der Waals surface area (Å²) in [4.78, 5) is 29.4. The second-order valence-electron chi connectivity index (χ2n) is 11.4. The Morgan fingerprint density at radius 3 is 2.23 bits per heavy atom. The molecular formula is C36H37F2N3O6S. The van der Waals surface area contributed by atoms with Crippen molar-refractivity contribution in [2.45, 2.75) is 50.2 Å². The summed E-state index contributed by atoms with van der Waals surface area (Å²) in [6, 6.07) is 22.3. The van der Waals surface area contributed by atoms with Gasteiger partial charge in [-0.3, -0.25) is 13.9 Å². The Kier molecular flexibility index (Phi) is 10.9. The maximum Gasteiger partial charge on any atom is 0.264 e. The van der Waals surface area contributed by atoms with E-state index in [0.717, 1.165) is 22.0 Å². The lowest BCUT2D eigenvalue weighted by Gasteiger charge is -2.34. The Labute approximate surface area is 279 Å². The van der Waals surface area contributed by atoms with Crippen molar-refractivity contribution in [2.24, 2.45) is 0 Å². The topological polar surface area (TPSA) is 105 Å². The summed E-state index contributed by atoms with van der Waals surface area (Å²) < 4.78 is 69.6. The normalized spacial score (nSPS) is 13.7. The molecule has 0 radical (unpaired) electrons. The van der Waals surface area contributed by atoms with E-state index in [1.807, 2.05) is 32.0 Å². The minimum Gasteiger partial charge on any atom is -0.486 e. The van der Waals surface area contributed by atoms with Crippen LogP contribution in [0.1, 0.15) is 31.4 Å². The molecule has 4 aromatic carbocycles. The van der Waals surface area contributed by atoms with Crippen molar-refractivity contribution in [3.05, 3.63) is 120 Å². The summed E-state index contributed by atoms with van der Waals surface area (Å²) in [5, 5.41) is 2.94. The van der Waals surface area contributed by atoms with Gasteiger partial charge in [-0.15, -0.1) is 0 Å². The van der Waals surface area contributed by atoms with E-state index in [9.17, 15) is 22.4 Å². The van der Waals surface area contributed by atoms with E-state index >= 15 is 4.39 Å². The highest BCUT2D eigenvalue weighted by atomic mass is 32.2. The summed E-state index contributed by atoms with van der Waals surface area (Å²) >= 11 is 0. The Hall–Kier alpha value is -4.97. The number of sulfonamides is 1. The number of anilines is 1. The molecule has 9 nitrogen and oxygen atoms in total. The molecule has 2 atom stereocenters. The number of hydrogen-bond donors (Lipinski definition) is 1. The van der Waals surface area contributed by atoms with Gasteiger partial charge in [0.25, 0.3) is 10.0 Å². The van der Waals surface area contributed by atoms with Crippen molar-refractivity contribution in [1.29, 1.82) is 0 Å². The van der Waals surface area contributed by atoms with Crippen molar-refractivity contribution >= 4 is 27.5 Å². The van der Waals surface area contributed by atoms with Crippen LogP contribution in [0.15, 0.2) is 102 Å². The third-order valence-electron chi connectivity index (χ3n) is 8.07. The van der Waals surface area contributed by atoms with Crippen molar-refractivity contribution in [1.82, 2.24) is 10.2 Å². The summed E-state index contributed by atoms with van der Waals surface area (Å²) in [7, 11) is -4.48. The first-order valence-corrected chi connectivity index (χ1v) is 17.1. The Balaban J connectivity index is 1.58. The van der Waals surface area contributed by atoms with Crippen LogP contribution in [0.4, 0.5) is 14.5 Å². The standard InChI is InChI=1S/C36H37F2N3O6S/c1-3-25(2)39-36(43)32(21-26-9-5-4-6-10-26)40(23-27-11-7-8-12-31(27)38)35(42)24-41(29-15-13-28(37)14-16-29)48(44,45)30-17-18-33-34(22-30)47-20-19-46-33/h4-18,22,25,32H,3,19-21,23-24H2,1-2H3,(H,39,43)/t25-,32+/m1/s1. The number of nitrogens with one attached hydrogen (secondary N) is 1. The van der Waals surface area contributed by atoms with Gasteiger partial charge in [-0.1, -0.05) is 55.5 Å². The Morgan fingerprint density at radius 1 is 0.875 bits per heavy atom. The lowest BCUT2D eigenvalue weighted by molar-refractivity contribution is -0.140. The number of carbonyl (C=O) groups excluding carboxylic acids is 2. The van der Waals surface area contributed by atoms with E-state index in [2.05, 4.69) is 5.32 Å². The van der Waals surface area contributed by atoms with E-state index in [1.54, 1.807) is 18.2 Å². The highest BCUT2D eigenvalue weighted by molar-refractivity contribution is 7.92. The molecule has 0 unspecified atom stereocenters. The molecule has 1 aliphatic rings. The fourth-order valence-electron chi connectivity index (χ4n) is 5.25. The maximum absolute atomic E-state index is 15.1. The predicted molar refractivity (Wildman–Crippen MR) is 177 cm³/mol. The molecule has 0 aliphatic carbocycles. The quantitative estimate of drug-likeness (QED) is 0.201. The molecule has 1 heterocycles. The number of fused-ring (bicyclic) bond motifs is 1. The first kappa shape index (κ1) is 34.4. The van der Waals surface area contributed by atoms with E-state index in [0.29, 0.717) is 18.8 Å². The van der Waals surface area contributed by atoms with Crippen LogP contribution < -0.4 is 19.1 Å². The van der Waals surface area contributed by atoms with Crippen molar-refractivity contribution in [2.75, 3.05) is 24.1 Å². The summed E-state index contributed by atoms with van der Waals surface area (Å²) in [5.41, 5.74) is 0.893. The fraction of sp³-hybridized carbons (Fsp3) is 0.278. The molecule has 252 valence electrons. The van der Waals surface area contributed by atoms with Gasteiger partial charge in [-0.05, 0) is 61.4 Å². The van der Waals surface area contributed by atoms with Crippen LogP contribution in [0.5, 0.6) is 11.5 Å². The number of benzene rings is 4. The highest BCUT2D eigenvalue weighted by Crippen LogP contribution is 2.34. The lowest BCUT2D eigenvalue weighted by Crippen LogP contribution is -2.54. The molecule has 12 heteroatoms. The summed E-state index contributed by atoms with van der Waals surface area (Å²) in [6.07, 6.45) is 0.700. The molecule has 0 fully saturated rings. The SMILES string of the molecule is CC[C@@H](C)NC(=O)[C@H](Cc1ccccc1)N(Cc1ccccc1F)C(=O)CN(c1ccc(F)cc1)S(=O)(=O)c1ccc2c(c1)OCCO2. The van der Waals surface area contributed by atoms with E-state index < -0.39 is 46.1 Å². The van der Waals surface area contributed by atoms with Gasteiger partial charge in [0, 0.05) is 30.6 Å². The number of hydrogen-bond acceptors (Lipinski definition) is 6. The zero-order chi connectivity index (χ0) is 34.3. The van der Waals surface area contributed by atoms with Gasteiger partial charge in [0.1, 0.15) is 37.4 Å². The molecule has 4 aromatic rings. The molecule has 48 heavy (non-hydrogen) atoms. The largest absolute Gasteiger partial charge is 0.486 e. The number of ether oxygens (including phenoxy) is 2. The first-order valence-electron chi connectivity index (χ1n) is 15.6. The average Bonchev–Trinajstić information content (AvgIpc) is 3.09. The molecular weight excluding hydrogens is 640 g/mol. The molecule has 0 saturated heterocycles. The lowest BCUT2D eigenvalue weighted by atomic mass is 10.0. The van der Waals surface area contributed by atoms with Gasteiger partial charge in [-0.25, -0.2) is 17.2 Å². The van der Waals surface area contributed by atoms with Gasteiger partial charge in [0.15, 0.2) is 11.5 Å². The molecule has 1 aliphatic heterocycles. The molecule has 0 spiro atoms. The fourth-order valence-corrected chi connectivity index (χ4v) is 6.68. The zero-order valence-electron chi connectivity index (χ0n) is 26.6. The number of carbonyl (C=O) groups is 2. The van der Waals surface area contributed by atoms with Crippen LogP contribution in [0.2, 0.25) is 0 Å². The number of nitrogens with zero attached hydrogens (tertiary/aromatic N) is 2. The first-order chi connectivity index (χ1) is 23.1. The minimum atomic E-state index is -4.48. The molecule has 1 N–H and O–H groups in total. The number of rotatable bonds is 13. The van der Waals surface area contributed by atoms with Crippen molar-refractivity contribution < 1.29 is 36.3 Å². The summed E-state index contributed by atoms with van der Waals surface area (Å²) in [6.45, 7) is 3.17. The number of halogens is 2. The van der Waals surface area contributed by atoms with Gasteiger partial charge >= 0.3 is 0 Å². The van der Waals surface area contributed by atoms with Gasteiger partial charge in [0.2, 0.25) is 11.8 Å². The second-order valence-corrected chi connectivity index (χ2v) is 13.3. The second kappa shape index (κ2) is 15.3. The average molecular weight is 678 g/mol. The van der Waals surface area contributed by atoms with Gasteiger partial charge < -0.3 is 19.7 Å². The molecule has 0 aromatic heterocycles.